The second kappa shape index (κ2) is 4.11. The van der Waals surface area contributed by atoms with Crippen molar-refractivity contribution < 1.29 is 9.84 Å². The van der Waals surface area contributed by atoms with Crippen LogP contribution in [-0.4, -0.2) is 33.4 Å². The number of aliphatic hydroxyl groups is 1. The average Bonchev–Trinajstić information content (AvgIpc) is 2.67. The Balaban J connectivity index is 1.91. The summed E-state index contributed by atoms with van der Waals surface area (Å²) in [6, 6.07) is 1.27. The van der Waals surface area contributed by atoms with E-state index in [4.69, 9.17) is 4.74 Å². The van der Waals surface area contributed by atoms with E-state index in [1.54, 1.807) is 0 Å². The molecular weight excluding hydrogens is 144 g/mol. The molecule has 1 heterocycles. The molecule has 1 saturated heterocycles. The van der Waals surface area contributed by atoms with Crippen LogP contribution in [0.15, 0.2) is 0 Å². The van der Waals surface area contributed by atoms with Crippen LogP contribution in [0.2, 0.25) is 12.6 Å². The van der Waals surface area contributed by atoms with Crippen LogP contribution in [0.4, 0.5) is 0 Å². The summed E-state index contributed by atoms with van der Waals surface area (Å²) >= 11 is 0. The van der Waals surface area contributed by atoms with Crippen molar-refractivity contribution in [3.8, 4) is 0 Å². The number of hydrogen-bond acceptors (Lipinski definition) is 2. The van der Waals surface area contributed by atoms with Gasteiger partial charge >= 0.3 is 0 Å². The van der Waals surface area contributed by atoms with E-state index in [-0.39, 0.29) is 15.6 Å². The molecule has 0 aliphatic carbocycles. The highest BCUT2D eigenvalue weighted by atomic mass is 28.2. The number of hydrogen-bond donors (Lipinski definition) is 1. The Labute approximate surface area is 64.4 Å². The maximum Gasteiger partial charge on any atom is 0.0834 e. The fourth-order valence-corrected chi connectivity index (χ4v) is 1.94. The fraction of sp³-hybridized carbons (Fsp3) is 1.00. The molecule has 2 unspecified atom stereocenters. The molecule has 0 saturated carbocycles. The van der Waals surface area contributed by atoms with E-state index in [1.807, 2.05) is 0 Å². The lowest BCUT2D eigenvalue weighted by Gasteiger charge is -2.05. The standard InChI is InChI=1S/C7H16O2Si/c1-10-3-2-6(8)4-7-5-9-7/h6-8H,2-5,10H2,1H3. The van der Waals surface area contributed by atoms with E-state index >= 15 is 0 Å². The van der Waals surface area contributed by atoms with Crippen LogP contribution in [0.5, 0.6) is 0 Å². The van der Waals surface area contributed by atoms with Gasteiger partial charge in [-0.3, -0.25) is 0 Å². The monoisotopic (exact) mass is 160 g/mol. The lowest BCUT2D eigenvalue weighted by atomic mass is 10.2. The van der Waals surface area contributed by atoms with Gasteiger partial charge in [-0.25, -0.2) is 0 Å². The molecule has 0 spiro atoms. The van der Waals surface area contributed by atoms with Gasteiger partial charge in [-0.1, -0.05) is 12.6 Å². The summed E-state index contributed by atoms with van der Waals surface area (Å²) < 4.78 is 5.01. The third kappa shape index (κ3) is 3.34. The average molecular weight is 160 g/mol. The fourth-order valence-electron chi connectivity index (χ4n) is 1.07. The molecule has 0 radical (unpaired) electrons. The van der Waals surface area contributed by atoms with Gasteiger partial charge in [0.15, 0.2) is 0 Å². The minimum absolute atomic E-state index is 0.0834. The summed E-state index contributed by atoms with van der Waals surface area (Å²) in [5, 5.41) is 9.33. The third-order valence-electron chi connectivity index (χ3n) is 1.83. The zero-order valence-corrected chi connectivity index (χ0v) is 7.96. The van der Waals surface area contributed by atoms with E-state index < -0.39 is 0 Å². The first kappa shape index (κ1) is 8.24. The third-order valence-corrected chi connectivity index (χ3v) is 2.94. The first-order valence-electron chi connectivity index (χ1n) is 4.12. The Morgan fingerprint density at radius 1 is 1.80 bits per heavy atom. The Morgan fingerprint density at radius 3 is 3.00 bits per heavy atom. The SMILES string of the molecule is C[SiH2]CCC(O)CC1CO1. The van der Waals surface area contributed by atoms with Crippen LogP contribution in [0, 0.1) is 0 Å². The van der Waals surface area contributed by atoms with Crippen LogP contribution in [0.1, 0.15) is 12.8 Å². The van der Waals surface area contributed by atoms with E-state index in [0.29, 0.717) is 6.10 Å². The van der Waals surface area contributed by atoms with Crippen molar-refractivity contribution in [3.05, 3.63) is 0 Å². The van der Waals surface area contributed by atoms with Crippen LogP contribution < -0.4 is 0 Å². The Kier molecular flexibility index (Phi) is 3.38. The smallest absolute Gasteiger partial charge is 0.0834 e. The highest BCUT2D eigenvalue weighted by molar-refractivity contribution is 6.33. The van der Waals surface area contributed by atoms with Crippen LogP contribution in [0.3, 0.4) is 0 Å². The molecule has 3 heteroatoms. The molecule has 1 aliphatic heterocycles. The number of ether oxygens (including phenoxy) is 1. The summed E-state index contributed by atoms with van der Waals surface area (Å²) in [5.74, 6) is 0. The summed E-state index contributed by atoms with van der Waals surface area (Å²) in [6.07, 6.45) is 2.19. The van der Waals surface area contributed by atoms with Gasteiger partial charge in [0.05, 0.1) is 18.8 Å². The van der Waals surface area contributed by atoms with E-state index in [0.717, 1.165) is 19.4 Å². The minimum atomic E-state index is -0.0834. The number of epoxide rings is 1. The lowest BCUT2D eigenvalue weighted by molar-refractivity contribution is 0.148. The molecule has 10 heavy (non-hydrogen) atoms. The molecule has 0 aromatic heterocycles. The van der Waals surface area contributed by atoms with Gasteiger partial charge in [0.25, 0.3) is 0 Å². The quantitative estimate of drug-likeness (QED) is 0.459. The van der Waals surface area contributed by atoms with E-state index in [2.05, 4.69) is 6.55 Å². The van der Waals surface area contributed by atoms with Crippen molar-refractivity contribution in [2.45, 2.75) is 37.6 Å². The molecule has 1 fully saturated rings. The van der Waals surface area contributed by atoms with Crippen LogP contribution in [-0.2, 0) is 4.74 Å². The van der Waals surface area contributed by atoms with Crippen molar-refractivity contribution in [1.82, 2.24) is 0 Å². The topological polar surface area (TPSA) is 32.8 Å². The molecule has 1 rings (SSSR count). The van der Waals surface area contributed by atoms with Gasteiger partial charge in [0.2, 0.25) is 0 Å². The van der Waals surface area contributed by atoms with Crippen molar-refractivity contribution in [1.29, 1.82) is 0 Å². The highest BCUT2D eigenvalue weighted by Gasteiger charge is 2.25. The summed E-state index contributed by atoms with van der Waals surface area (Å²) in [4.78, 5) is 0. The molecule has 0 aromatic rings. The van der Waals surface area contributed by atoms with Crippen molar-refractivity contribution in [2.75, 3.05) is 6.61 Å². The van der Waals surface area contributed by atoms with E-state index in [1.165, 1.54) is 6.04 Å². The van der Waals surface area contributed by atoms with Gasteiger partial charge in [-0.2, -0.15) is 0 Å². The Hall–Kier alpha value is 0.137. The Morgan fingerprint density at radius 2 is 2.50 bits per heavy atom. The zero-order chi connectivity index (χ0) is 7.40. The molecule has 60 valence electrons. The van der Waals surface area contributed by atoms with Crippen LogP contribution >= 0.6 is 0 Å². The van der Waals surface area contributed by atoms with Gasteiger partial charge < -0.3 is 9.84 Å². The normalized spacial score (nSPS) is 27.6. The van der Waals surface area contributed by atoms with Crippen molar-refractivity contribution in [3.63, 3.8) is 0 Å². The number of rotatable bonds is 5. The van der Waals surface area contributed by atoms with E-state index in [9.17, 15) is 5.11 Å². The lowest BCUT2D eigenvalue weighted by Crippen LogP contribution is -2.09. The van der Waals surface area contributed by atoms with Gasteiger partial charge in [0.1, 0.15) is 0 Å². The Bertz CT molecular complexity index is 93.6. The van der Waals surface area contributed by atoms with Gasteiger partial charge in [-0.15, -0.1) is 0 Å². The molecule has 0 aromatic carbocycles. The molecule has 1 aliphatic rings. The first-order chi connectivity index (χ1) is 4.83. The summed E-state index contributed by atoms with van der Waals surface area (Å²) in [5.41, 5.74) is 0. The van der Waals surface area contributed by atoms with Crippen molar-refractivity contribution >= 4 is 9.52 Å². The maximum absolute atomic E-state index is 9.33. The summed E-state index contributed by atoms with van der Waals surface area (Å²) in [6.45, 7) is 3.15. The predicted octanol–water partition coefficient (Wildman–Crippen LogP) is 0.161. The molecule has 0 amide bonds. The second-order valence-electron chi connectivity index (χ2n) is 2.99. The van der Waals surface area contributed by atoms with Gasteiger partial charge in [0, 0.05) is 15.9 Å². The molecule has 2 atom stereocenters. The van der Waals surface area contributed by atoms with Crippen molar-refractivity contribution in [2.24, 2.45) is 0 Å². The molecular formula is C7H16O2Si. The largest absolute Gasteiger partial charge is 0.393 e. The highest BCUT2D eigenvalue weighted by Crippen LogP contribution is 2.17. The molecule has 0 bridgehead atoms. The zero-order valence-electron chi connectivity index (χ0n) is 6.55. The summed E-state index contributed by atoms with van der Waals surface area (Å²) in [7, 11) is 0.157. The maximum atomic E-state index is 9.33. The molecule has 1 N–H and O–H groups in total. The minimum Gasteiger partial charge on any atom is -0.393 e. The predicted molar refractivity (Wildman–Crippen MR) is 44.2 cm³/mol. The first-order valence-corrected chi connectivity index (χ1v) is 6.54. The van der Waals surface area contributed by atoms with Crippen LogP contribution in [0.25, 0.3) is 0 Å². The molecule has 2 nitrogen and oxygen atoms in total. The second-order valence-corrected chi connectivity index (χ2v) is 4.69. The van der Waals surface area contributed by atoms with Gasteiger partial charge in [-0.05, 0) is 6.42 Å². The number of aliphatic hydroxyl groups excluding tert-OH is 1.